The average Bonchev–Trinajstić information content (AvgIpc) is 2.64. The standard InChI is InChI=1S/C12H12F3N3O2/c1-3-4-17-7(2)16-9-5-8(12(13,14)15)6-10(11(9)17)18(19)20/h5-6H,3-4H2,1-2H3. The number of hydrogen-bond donors (Lipinski definition) is 0. The van der Waals surface area contributed by atoms with Crippen molar-refractivity contribution in [2.75, 3.05) is 0 Å². The van der Waals surface area contributed by atoms with Crippen LogP contribution in [0.4, 0.5) is 18.9 Å². The number of fused-ring (bicyclic) bond motifs is 1. The molecule has 8 heteroatoms. The molecule has 0 atom stereocenters. The molecule has 0 bridgehead atoms. The molecule has 1 heterocycles. The Morgan fingerprint density at radius 1 is 1.40 bits per heavy atom. The van der Waals surface area contributed by atoms with Crippen LogP contribution in [0.5, 0.6) is 0 Å². The molecule has 108 valence electrons. The molecule has 0 aliphatic carbocycles. The molecule has 2 aromatic rings. The number of non-ortho nitro benzene ring substituents is 1. The minimum absolute atomic E-state index is 0.00234. The van der Waals surface area contributed by atoms with E-state index in [4.69, 9.17) is 0 Å². The van der Waals surface area contributed by atoms with Crippen LogP contribution in [-0.2, 0) is 12.7 Å². The molecule has 0 aliphatic heterocycles. The fraction of sp³-hybridized carbons (Fsp3) is 0.417. The van der Waals surface area contributed by atoms with Gasteiger partial charge in [0.1, 0.15) is 11.3 Å². The number of aromatic nitrogens is 2. The highest BCUT2D eigenvalue weighted by atomic mass is 19.4. The summed E-state index contributed by atoms with van der Waals surface area (Å²) in [5.41, 5.74) is -1.48. The molecular weight excluding hydrogens is 275 g/mol. The normalized spacial score (nSPS) is 12.1. The molecular formula is C12H12F3N3O2. The van der Waals surface area contributed by atoms with Gasteiger partial charge in [0, 0.05) is 12.6 Å². The maximum Gasteiger partial charge on any atom is 0.416 e. The van der Waals surface area contributed by atoms with Gasteiger partial charge in [-0.25, -0.2) is 4.98 Å². The predicted octanol–water partition coefficient (Wildman–Crippen LogP) is 3.68. The van der Waals surface area contributed by atoms with Crippen LogP contribution in [0.3, 0.4) is 0 Å². The van der Waals surface area contributed by atoms with Gasteiger partial charge in [0.25, 0.3) is 5.69 Å². The lowest BCUT2D eigenvalue weighted by Crippen LogP contribution is -2.07. The van der Waals surface area contributed by atoms with E-state index in [1.165, 1.54) is 0 Å². The number of imidazole rings is 1. The summed E-state index contributed by atoms with van der Waals surface area (Å²) in [5.74, 6) is 0.462. The first kappa shape index (κ1) is 14.3. The fourth-order valence-corrected chi connectivity index (χ4v) is 2.16. The Labute approximate surface area is 112 Å². The van der Waals surface area contributed by atoms with Crippen molar-refractivity contribution in [1.29, 1.82) is 0 Å². The number of rotatable bonds is 3. The van der Waals surface area contributed by atoms with Gasteiger partial charge < -0.3 is 4.57 Å². The van der Waals surface area contributed by atoms with Crippen molar-refractivity contribution in [2.45, 2.75) is 33.0 Å². The third-order valence-electron chi connectivity index (χ3n) is 2.98. The molecule has 1 aromatic heterocycles. The highest BCUT2D eigenvalue weighted by Crippen LogP contribution is 2.36. The Hall–Kier alpha value is -2.12. The van der Waals surface area contributed by atoms with E-state index in [-0.39, 0.29) is 11.0 Å². The topological polar surface area (TPSA) is 61.0 Å². The number of hydrogen-bond acceptors (Lipinski definition) is 3. The second-order valence-corrected chi connectivity index (χ2v) is 4.43. The number of halogens is 3. The zero-order chi connectivity index (χ0) is 15.1. The maximum absolute atomic E-state index is 12.8. The molecule has 0 aliphatic rings. The number of alkyl halides is 3. The van der Waals surface area contributed by atoms with Gasteiger partial charge in [-0.1, -0.05) is 6.92 Å². The zero-order valence-corrected chi connectivity index (χ0v) is 10.9. The average molecular weight is 287 g/mol. The number of nitro groups is 1. The summed E-state index contributed by atoms with van der Waals surface area (Å²) in [6.45, 7) is 3.96. The lowest BCUT2D eigenvalue weighted by atomic mass is 10.1. The fourth-order valence-electron chi connectivity index (χ4n) is 2.16. The Morgan fingerprint density at radius 2 is 2.05 bits per heavy atom. The molecule has 0 saturated carbocycles. The smallest absolute Gasteiger partial charge is 0.323 e. The summed E-state index contributed by atoms with van der Waals surface area (Å²) in [4.78, 5) is 14.3. The van der Waals surface area contributed by atoms with Gasteiger partial charge in [0.2, 0.25) is 0 Å². The van der Waals surface area contributed by atoms with Gasteiger partial charge in [0.05, 0.1) is 16.0 Å². The van der Waals surface area contributed by atoms with E-state index in [2.05, 4.69) is 4.98 Å². The monoisotopic (exact) mass is 287 g/mol. The van der Waals surface area contributed by atoms with E-state index in [0.29, 0.717) is 24.9 Å². The first-order valence-corrected chi connectivity index (χ1v) is 5.98. The highest BCUT2D eigenvalue weighted by Gasteiger charge is 2.34. The molecule has 0 unspecified atom stereocenters. The van der Waals surface area contributed by atoms with E-state index in [1.807, 2.05) is 6.92 Å². The van der Waals surface area contributed by atoms with Crippen LogP contribution < -0.4 is 0 Å². The van der Waals surface area contributed by atoms with Crippen LogP contribution >= 0.6 is 0 Å². The molecule has 20 heavy (non-hydrogen) atoms. The SMILES string of the molecule is CCCn1c(C)nc2cc(C(F)(F)F)cc([N+](=O)[O-])c21. The van der Waals surface area contributed by atoms with Gasteiger partial charge in [-0.3, -0.25) is 10.1 Å². The molecule has 2 rings (SSSR count). The van der Waals surface area contributed by atoms with Crippen molar-refractivity contribution in [3.05, 3.63) is 33.6 Å². The van der Waals surface area contributed by atoms with Crippen molar-refractivity contribution in [3.63, 3.8) is 0 Å². The van der Waals surface area contributed by atoms with Crippen LogP contribution in [0.15, 0.2) is 12.1 Å². The van der Waals surface area contributed by atoms with E-state index in [9.17, 15) is 23.3 Å². The van der Waals surface area contributed by atoms with E-state index < -0.39 is 22.4 Å². The Bertz CT molecular complexity index is 677. The summed E-state index contributed by atoms with van der Waals surface area (Å²) in [7, 11) is 0. The summed E-state index contributed by atoms with van der Waals surface area (Å²) in [6.07, 6.45) is -3.94. The lowest BCUT2D eigenvalue weighted by molar-refractivity contribution is -0.383. The van der Waals surface area contributed by atoms with Crippen LogP contribution in [0.25, 0.3) is 11.0 Å². The molecule has 0 spiro atoms. The number of benzene rings is 1. The largest absolute Gasteiger partial charge is 0.416 e. The zero-order valence-electron chi connectivity index (χ0n) is 10.9. The molecule has 0 fully saturated rings. The van der Waals surface area contributed by atoms with Gasteiger partial charge in [-0.05, 0) is 19.4 Å². The quantitative estimate of drug-likeness (QED) is 0.639. The third-order valence-corrected chi connectivity index (χ3v) is 2.98. The van der Waals surface area contributed by atoms with E-state index in [1.54, 1.807) is 11.5 Å². The molecule has 0 N–H and O–H groups in total. The first-order valence-electron chi connectivity index (χ1n) is 5.98. The Kier molecular flexibility index (Phi) is 3.41. The highest BCUT2D eigenvalue weighted by molar-refractivity contribution is 5.86. The van der Waals surface area contributed by atoms with Crippen molar-refractivity contribution in [2.24, 2.45) is 0 Å². The molecule has 5 nitrogen and oxygen atoms in total. The molecule has 0 amide bonds. The summed E-state index contributed by atoms with van der Waals surface area (Å²) >= 11 is 0. The van der Waals surface area contributed by atoms with E-state index in [0.717, 1.165) is 6.07 Å². The summed E-state index contributed by atoms with van der Waals surface area (Å²) < 4.78 is 39.8. The second-order valence-electron chi connectivity index (χ2n) is 4.43. The van der Waals surface area contributed by atoms with Crippen molar-refractivity contribution >= 4 is 16.7 Å². The van der Waals surface area contributed by atoms with Gasteiger partial charge in [-0.2, -0.15) is 13.2 Å². The van der Waals surface area contributed by atoms with Crippen LogP contribution in [0, 0.1) is 17.0 Å². The summed E-state index contributed by atoms with van der Waals surface area (Å²) in [6, 6.07) is 1.41. The van der Waals surface area contributed by atoms with Crippen molar-refractivity contribution in [3.8, 4) is 0 Å². The number of nitro benzene ring substituents is 1. The van der Waals surface area contributed by atoms with Crippen LogP contribution in [-0.4, -0.2) is 14.5 Å². The Morgan fingerprint density at radius 3 is 2.55 bits per heavy atom. The van der Waals surface area contributed by atoms with Gasteiger partial charge >= 0.3 is 6.18 Å². The third kappa shape index (κ3) is 2.33. The maximum atomic E-state index is 12.8. The van der Waals surface area contributed by atoms with Gasteiger partial charge in [-0.15, -0.1) is 0 Å². The van der Waals surface area contributed by atoms with Crippen LogP contribution in [0.1, 0.15) is 24.7 Å². The first-order chi connectivity index (χ1) is 9.25. The van der Waals surface area contributed by atoms with Crippen molar-refractivity contribution in [1.82, 2.24) is 9.55 Å². The van der Waals surface area contributed by atoms with Crippen LogP contribution in [0.2, 0.25) is 0 Å². The van der Waals surface area contributed by atoms with Gasteiger partial charge in [0.15, 0.2) is 0 Å². The number of nitrogens with zero attached hydrogens (tertiary/aromatic N) is 3. The molecule has 0 saturated heterocycles. The van der Waals surface area contributed by atoms with E-state index >= 15 is 0 Å². The number of aryl methyl sites for hydroxylation is 2. The minimum atomic E-state index is -4.64. The predicted molar refractivity (Wildman–Crippen MR) is 66.4 cm³/mol. The summed E-state index contributed by atoms with van der Waals surface area (Å²) in [5, 5.41) is 11.1. The lowest BCUT2D eigenvalue weighted by Gasteiger charge is -2.08. The molecule has 0 radical (unpaired) electrons. The Balaban J connectivity index is 2.82. The van der Waals surface area contributed by atoms with Crippen molar-refractivity contribution < 1.29 is 18.1 Å². The second kappa shape index (κ2) is 4.77. The minimum Gasteiger partial charge on any atom is -0.323 e. The molecule has 1 aromatic carbocycles.